The Morgan fingerprint density at radius 3 is 2.78 bits per heavy atom. The highest BCUT2D eigenvalue weighted by molar-refractivity contribution is 7.09. The number of amides is 1. The third kappa shape index (κ3) is 3.74. The van der Waals surface area contributed by atoms with Crippen molar-refractivity contribution in [2.75, 3.05) is 0 Å². The molecule has 1 heterocycles. The van der Waals surface area contributed by atoms with Crippen LogP contribution in [0.5, 0.6) is 0 Å². The molecule has 0 spiro atoms. The van der Waals surface area contributed by atoms with E-state index < -0.39 is 6.10 Å². The van der Waals surface area contributed by atoms with E-state index in [0.29, 0.717) is 19.4 Å². The van der Waals surface area contributed by atoms with Gasteiger partial charge in [0.25, 0.3) is 0 Å². The summed E-state index contributed by atoms with van der Waals surface area (Å²) in [6.07, 6.45) is 0.313. The minimum absolute atomic E-state index is 0.101. The molecular weight excluding hydrogens is 317 g/mol. The van der Waals surface area contributed by atoms with Crippen molar-refractivity contribution in [3.63, 3.8) is 0 Å². The summed E-state index contributed by atoms with van der Waals surface area (Å²) >= 11 is 1.44. The number of thiazole rings is 1. The second-order valence-electron chi connectivity index (χ2n) is 5.75. The molecule has 1 aliphatic carbocycles. The van der Waals surface area contributed by atoms with Crippen LogP contribution in [-0.2, 0) is 11.3 Å². The highest BCUT2D eigenvalue weighted by atomic mass is 32.1. The Bertz CT molecular complexity index is 679. The number of benzene rings is 1. The Morgan fingerprint density at radius 2 is 2.13 bits per heavy atom. The van der Waals surface area contributed by atoms with Crippen LogP contribution in [0.3, 0.4) is 0 Å². The van der Waals surface area contributed by atoms with E-state index in [-0.39, 0.29) is 23.7 Å². The highest BCUT2D eigenvalue weighted by Gasteiger charge is 2.34. The van der Waals surface area contributed by atoms with Crippen LogP contribution in [0.25, 0.3) is 11.3 Å². The van der Waals surface area contributed by atoms with Gasteiger partial charge in [0.1, 0.15) is 10.8 Å². The van der Waals surface area contributed by atoms with Crippen molar-refractivity contribution < 1.29 is 14.3 Å². The molecule has 1 fully saturated rings. The largest absolute Gasteiger partial charge is 0.391 e. The first-order valence-corrected chi connectivity index (χ1v) is 8.32. The van der Waals surface area contributed by atoms with Crippen molar-refractivity contribution in [3.05, 3.63) is 40.5 Å². The number of aromatic nitrogens is 1. The summed E-state index contributed by atoms with van der Waals surface area (Å²) in [6, 6.07) is 5.81. The smallest absolute Gasteiger partial charge is 0.223 e. The predicted molar refractivity (Wildman–Crippen MR) is 86.1 cm³/mol. The van der Waals surface area contributed by atoms with Crippen molar-refractivity contribution in [2.24, 2.45) is 11.7 Å². The number of aliphatic hydroxyl groups excluding tert-OH is 1. The van der Waals surface area contributed by atoms with Crippen LogP contribution in [-0.4, -0.2) is 28.1 Å². The Morgan fingerprint density at radius 1 is 1.39 bits per heavy atom. The van der Waals surface area contributed by atoms with Crippen LogP contribution in [0.2, 0.25) is 0 Å². The molecule has 0 radical (unpaired) electrons. The summed E-state index contributed by atoms with van der Waals surface area (Å²) in [5.41, 5.74) is 7.32. The topological polar surface area (TPSA) is 88.2 Å². The van der Waals surface area contributed by atoms with Crippen molar-refractivity contribution >= 4 is 17.2 Å². The molecule has 0 unspecified atom stereocenters. The molecule has 3 atom stereocenters. The van der Waals surface area contributed by atoms with Crippen LogP contribution in [0.15, 0.2) is 29.6 Å². The maximum atomic E-state index is 12.9. The third-order valence-corrected chi connectivity index (χ3v) is 4.90. The Kier molecular flexibility index (Phi) is 4.70. The van der Waals surface area contributed by atoms with Crippen LogP contribution in [0, 0.1) is 11.7 Å². The summed E-state index contributed by atoms with van der Waals surface area (Å²) in [5, 5.41) is 15.1. The van der Waals surface area contributed by atoms with Crippen molar-refractivity contribution in [3.8, 4) is 11.3 Å². The van der Waals surface area contributed by atoms with Gasteiger partial charge < -0.3 is 16.2 Å². The van der Waals surface area contributed by atoms with Gasteiger partial charge >= 0.3 is 0 Å². The monoisotopic (exact) mass is 335 g/mol. The van der Waals surface area contributed by atoms with E-state index in [9.17, 15) is 14.3 Å². The van der Waals surface area contributed by atoms with Gasteiger partial charge in [-0.15, -0.1) is 11.3 Å². The van der Waals surface area contributed by atoms with Gasteiger partial charge in [-0.1, -0.05) is 0 Å². The van der Waals surface area contributed by atoms with Crippen LogP contribution < -0.4 is 11.1 Å². The lowest BCUT2D eigenvalue weighted by Gasteiger charge is -2.09. The Hall–Kier alpha value is -1.83. The average Bonchev–Trinajstić information content (AvgIpc) is 3.13. The minimum atomic E-state index is -0.601. The second kappa shape index (κ2) is 6.74. The molecule has 4 N–H and O–H groups in total. The van der Waals surface area contributed by atoms with Crippen LogP contribution >= 0.6 is 11.3 Å². The van der Waals surface area contributed by atoms with Crippen LogP contribution in [0.1, 0.15) is 17.8 Å². The van der Waals surface area contributed by atoms with E-state index >= 15 is 0 Å². The molecule has 0 saturated heterocycles. The van der Waals surface area contributed by atoms with Gasteiger partial charge in [0.05, 0.1) is 18.3 Å². The Labute approximate surface area is 137 Å². The molecule has 1 amide bonds. The van der Waals surface area contributed by atoms with Crippen molar-refractivity contribution in [1.82, 2.24) is 10.3 Å². The third-order valence-electron chi connectivity index (χ3n) is 4.05. The van der Waals surface area contributed by atoms with Crippen molar-refractivity contribution in [1.29, 1.82) is 0 Å². The molecular formula is C16H18FN3O2S. The molecule has 122 valence electrons. The van der Waals surface area contributed by atoms with E-state index in [1.54, 1.807) is 12.1 Å². The van der Waals surface area contributed by atoms with Gasteiger partial charge in [-0.3, -0.25) is 4.79 Å². The molecule has 1 saturated carbocycles. The SMILES string of the molecule is N[C@@H]1C[C@H](C(=O)NCc2nc(-c3ccc(F)cc3)cs2)C[C@H]1O. The fourth-order valence-corrected chi connectivity index (χ4v) is 3.46. The first-order valence-electron chi connectivity index (χ1n) is 7.44. The van der Waals surface area contributed by atoms with E-state index in [1.807, 2.05) is 5.38 Å². The quantitative estimate of drug-likeness (QED) is 0.793. The summed E-state index contributed by atoms with van der Waals surface area (Å²) in [7, 11) is 0. The lowest BCUT2D eigenvalue weighted by Crippen LogP contribution is -2.30. The Balaban J connectivity index is 1.57. The van der Waals surface area contributed by atoms with Gasteiger partial charge in [0.2, 0.25) is 5.91 Å². The first-order chi connectivity index (χ1) is 11.0. The minimum Gasteiger partial charge on any atom is -0.391 e. The number of aliphatic hydroxyl groups is 1. The molecule has 1 aromatic carbocycles. The average molecular weight is 335 g/mol. The number of carbonyl (C=O) groups is 1. The van der Waals surface area contributed by atoms with E-state index in [1.165, 1.54) is 23.5 Å². The maximum absolute atomic E-state index is 12.9. The number of hydrogen-bond acceptors (Lipinski definition) is 5. The lowest BCUT2D eigenvalue weighted by atomic mass is 10.1. The number of nitrogens with zero attached hydrogens (tertiary/aromatic N) is 1. The summed E-state index contributed by atoms with van der Waals surface area (Å²) in [5.74, 6) is -0.625. The number of carbonyl (C=O) groups excluding carboxylic acids is 1. The zero-order valence-corrected chi connectivity index (χ0v) is 13.2. The number of rotatable bonds is 4. The standard InChI is InChI=1S/C16H18FN3O2S/c17-11-3-1-9(2-4-11)13-8-23-15(20-13)7-19-16(22)10-5-12(18)14(21)6-10/h1-4,8,10,12,14,21H,5-7,18H2,(H,19,22)/t10-,12+,14+/m0/s1. The number of nitrogens with one attached hydrogen (secondary N) is 1. The maximum Gasteiger partial charge on any atom is 0.223 e. The molecule has 5 nitrogen and oxygen atoms in total. The fourth-order valence-electron chi connectivity index (χ4n) is 2.71. The molecule has 7 heteroatoms. The predicted octanol–water partition coefficient (Wildman–Crippen LogP) is 1.66. The van der Waals surface area contributed by atoms with Gasteiger partial charge in [-0.05, 0) is 37.1 Å². The molecule has 23 heavy (non-hydrogen) atoms. The summed E-state index contributed by atoms with van der Waals surface area (Å²) in [4.78, 5) is 16.5. The lowest BCUT2D eigenvalue weighted by molar-refractivity contribution is -0.125. The molecule has 2 aromatic rings. The van der Waals surface area contributed by atoms with Gasteiger partial charge in [0, 0.05) is 22.9 Å². The zero-order valence-electron chi connectivity index (χ0n) is 12.4. The summed E-state index contributed by atoms with van der Waals surface area (Å²) in [6.45, 7) is 0.340. The van der Waals surface area contributed by atoms with Gasteiger partial charge in [-0.25, -0.2) is 9.37 Å². The zero-order chi connectivity index (χ0) is 16.4. The second-order valence-corrected chi connectivity index (χ2v) is 6.69. The highest BCUT2D eigenvalue weighted by Crippen LogP contribution is 2.25. The molecule has 0 bridgehead atoms. The van der Waals surface area contributed by atoms with Gasteiger partial charge in [0.15, 0.2) is 0 Å². The molecule has 1 aliphatic rings. The first kappa shape index (κ1) is 16.0. The molecule has 1 aromatic heterocycles. The summed E-state index contributed by atoms with van der Waals surface area (Å²) < 4.78 is 12.9. The van der Waals surface area contributed by atoms with E-state index in [0.717, 1.165) is 16.3 Å². The number of halogens is 1. The molecule has 3 rings (SSSR count). The fraction of sp³-hybridized carbons (Fsp3) is 0.375. The van der Waals surface area contributed by atoms with Crippen molar-refractivity contribution in [2.45, 2.75) is 31.5 Å². The molecule has 0 aliphatic heterocycles. The number of hydrogen-bond donors (Lipinski definition) is 3. The van der Waals surface area contributed by atoms with E-state index in [4.69, 9.17) is 5.73 Å². The van der Waals surface area contributed by atoms with E-state index in [2.05, 4.69) is 10.3 Å². The normalized spacial score (nSPS) is 23.9. The van der Waals surface area contributed by atoms with Crippen LogP contribution in [0.4, 0.5) is 4.39 Å². The number of nitrogens with two attached hydrogens (primary N) is 1. The van der Waals surface area contributed by atoms with Gasteiger partial charge in [-0.2, -0.15) is 0 Å².